The van der Waals surface area contributed by atoms with Crippen molar-refractivity contribution in [2.75, 3.05) is 5.32 Å². The lowest BCUT2D eigenvalue weighted by Crippen LogP contribution is -2.27. The molecule has 2 rings (SSSR count). The first-order chi connectivity index (χ1) is 9.89. The van der Waals surface area contributed by atoms with Crippen LogP contribution in [0.25, 0.3) is 0 Å². The number of hydrogen-bond acceptors (Lipinski definition) is 2. The zero-order valence-electron chi connectivity index (χ0n) is 10.6. The molecule has 0 heterocycles. The van der Waals surface area contributed by atoms with Crippen LogP contribution in [0.5, 0.6) is 0 Å². The maximum Gasteiger partial charge on any atom is 0.276 e. The summed E-state index contributed by atoms with van der Waals surface area (Å²) in [6.45, 7) is 0. The molecule has 0 fully saturated rings. The minimum Gasteiger partial charge on any atom is -0.322 e. The van der Waals surface area contributed by atoms with Crippen molar-refractivity contribution in [2.24, 2.45) is 0 Å². The van der Waals surface area contributed by atoms with Crippen molar-refractivity contribution in [3.8, 4) is 0 Å². The first-order valence-corrected chi connectivity index (χ1v) is 7.10. The first kappa shape index (κ1) is 15.8. The smallest absolute Gasteiger partial charge is 0.276 e. The summed E-state index contributed by atoms with van der Waals surface area (Å²) in [6.07, 6.45) is 0. The van der Waals surface area contributed by atoms with Gasteiger partial charge in [0.25, 0.3) is 9.70 Å². The molecule has 1 N–H and O–H groups in total. The highest BCUT2D eigenvalue weighted by atomic mass is 35.6. The number of nitrogens with one attached hydrogen (secondary N) is 1. The maximum atomic E-state index is 12.4. The van der Waals surface area contributed by atoms with Gasteiger partial charge in [0.2, 0.25) is 0 Å². The van der Waals surface area contributed by atoms with Gasteiger partial charge in [-0.3, -0.25) is 9.59 Å². The minimum absolute atomic E-state index is 0.226. The van der Waals surface area contributed by atoms with E-state index in [1.807, 2.05) is 6.07 Å². The summed E-state index contributed by atoms with van der Waals surface area (Å²) in [7, 11) is 0. The number of anilines is 1. The molecule has 1 amide bonds. The van der Waals surface area contributed by atoms with Crippen molar-refractivity contribution in [3.05, 3.63) is 65.7 Å². The predicted molar refractivity (Wildman–Crippen MR) is 85.2 cm³/mol. The van der Waals surface area contributed by atoms with Gasteiger partial charge < -0.3 is 5.32 Å². The fourth-order valence-electron chi connectivity index (χ4n) is 1.73. The highest BCUT2D eigenvalue weighted by Crippen LogP contribution is 2.29. The standard InChI is InChI=1S/C15H10Cl3NO2/c16-15(17,18)14(21)19-12-9-5-4-8-11(12)13(20)10-6-2-1-3-7-10/h1-9H,(H,19,21). The molecule has 108 valence electrons. The molecule has 2 aromatic rings. The number of rotatable bonds is 3. The number of alkyl halides is 3. The quantitative estimate of drug-likeness (QED) is 0.670. The molecule has 21 heavy (non-hydrogen) atoms. The van der Waals surface area contributed by atoms with Crippen LogP contribution in [0.1, 0.15) is 15.9 Å². The van der Waals surface area contributed by atoms with Crippen LogP contribution in [-0.4, -0.2) is 15.5 Å². The number of carbonyl (C=O) groups is 2. The second kappa shape index (κ2) is 6.48. The van der Waals surface area contributed by atoms with Gasteiger partial charge in [-0.05, 0) is 12.1 Å². The van der Waals surface area contributed by atoms with Gasteiger partial charge in [-0.1, -0.05) is 77.3 Å². The summed E-state index contributed by atoms with van der Waals surface area (Å²) in [4.78, 5) is 24.2. The van der Waals surface area contributed by atoms with E-state index < -0.39 is 9.70 Å². The largest absolute Gasteiger partial charge is 0.322 e. The van der Waals surface area contributed by atoms with Crippen molar-refractivity contribution < 1.29 is 9.59 Å². The molecule has 3 nitrogen and oxygen atoms in total. The van der Waals surface area contributed by atoms with Gasteiger partial charge in [0.15, 0.2) is 5.78 Å². The Bertz CT molecular complexity index is 666. The van der Waals surface area contributed by atoms with Gasteiger partial charge in [-0.15, -0.1) is 0 Å². The number of ketones is 1. The monoisotopic (exact) mass is 341 g/mol. The Balaban J connectivity index is 2.34. The number of carbonyl (C=O) groups excluding carboxylic acids is 2. The zero-order chi connectivity index (χ0) is 15.5. The van der Waals surface area contributed by atoms with E-state index in [4.69, 9.17) is 34.8 Å². The molecule has 2 aromatic carbocycles. The lowest BCUT2D eigenvalue weighted by molar-refractivity contribution is -0.115. The number of hydrogen-bond donors (Lipinski definition) is 1. The lowest BCUT2D eigenvalue weighted by atomic mass is 10.0. The van der Waals surface area contributed by atoms with Crippen LogP contribution in [0.2, 0.25) is 0 Å². The summed E-state index contributed by atoms with van der Waals surface area (Å²) >= 11 is 16.5. The summed E-state index contributed by atoms with van der Waals surface area (Å²) in [5, 5.41) is 2.45. The number of benzene rings is 2. The number of para-hydroxylation sites is 1. The normalized spacial score (nSPS) is 11.0. The van der Waals surface area contributed by atoms with Crippen molar-refractivity contribution >= 4 is 52.2 Å². The average molecular weight is 343 g/mol. The molecule has 0 bridgehead atoms. The molecule has 0 atom stereocenters. The van der Waals surface area contributed by atoms with Crippen LogP contribution in [-0.2, 0) is 4.79 Å². The molecule has 0 saturated heterocycles. The Labute approximate surface area is 136 Å². The molecule has 0 unspecified atom stereocenters. The van der Waals surface area contributed by atoms with Crippen LogP contribution in [0.4, 0.5) is 5.69 Å². The van der Waals surface area contributed by atoms with E-state index in [0.29, 0.717) is 16.8 Å². The van der Waals surface area contributed by atoms with Crippen LogP contribution < -0.4 is 5.32 Å². The summed E-state index contributed by atoms with van der Waals surface area (Å²) in [5.74, 6) is -1.04. The Kier molecular flexibility index (Phi) is 4.88. The van der Waals surface area contributed by atoms with Gasteiger partial charge in [-0.25, -0.2) is 0 Å². The van der Waals surface area contributed by atoms with E-state index in [0.717, 1.165) is 0 Å². The molecule has 0 spiro atoms. The predicted octanol–water partition coefficient (Wildman–Crippen LogP) is 4.23. The van der Waals surface area contributed by atoms with Gasteiger partial charge in [0, 0.05) is 11.1 Å². The van der Waals surface area contributed by atoms with E-state index in [9.17, 15) is 9.59 Å². The summed E-state index contributed by atoms with van der Waals surface area (Å²) in [5.41, 5.74) is 1.13. The number of amides is 1. The van der Waals surface area contributed by atoms with E-state index in [2.05, 4.69) is 5.32 Å². The lowest BCUT2D eigenvalue weighted by Gasteiger charge is -2.14. The van der Waals surface area contributed by atoms with Crippen LogP contribution in [0, 0.1) is 0 Å². The molecule has 0 aromatic heterocycles. The second-order valence-electron chi connectivity index (χ2n) is 4.19. The molecule has 0 saturated carbocycles. The fraction of sp³-hybridized carbons (Fsp3) is 0.0667. The SMILES string of the molecule is O=C(c1ccccc1)c1ccccc1NC(=O)C(Cl)(Cl)Cl. The topological polar surface area (TPSA) is 46.2 Å². The van der Waals surface area contributed by atoms with Crippen molar-refractivity contribution in [3.63, 3.8) is 0 Å². The third-order valence-corrected chi connectivity index (χ3v) is 3.23. The van der Waals surface area contributed by atoms with Crippen molar-refractivity contribution in [1.82, 2.24) is 0 Å². The molecule has 0 aliphatic heterocycles. The van der Waals surface area contributed by atoms with Crippen LogP contribution in [0.3, 0.4) is 0 Å². The van der Waals surface area contributed by atoms with Gasteiger partial charge in [0.1, 0.15) is 0 Å². The van der Waals surface area contributed by atoms with Gasteiger partial charge in [0.05, 0.1) is 5.69 Å². The van der Waals surface area contributed by atoms with Gasteiger partial charge in [-0.2, -0.15) is 0 Å². The zero-order valence-corrected chi connectivity index (χ0v) is 12.9. The van der Waals surface area contributed by atoms with E-state index in [1.165, 1.54) is 0 Å². The number of halogens is 3. The third-order valence-electron chi connectivity index (χ3n) is 2.71. The molecule has 0 radical (unpaired) electrons. The molecule has 6 heteroatoms. The molecular weight excluding hydrogens is 333 g/mol. The Morgan fingerprint density at radius 3 is 2.05 bits per heavy atom. The van der Waals surface area contributed by atoms with Crippen LogP contribution >= 0.6 is 34.8 Å². The summed E-state index contributed by atoms with van der Waals surface area (Å²) < 4.78 is -2.09. The fourth-order valence-corrected chi connectivity index (χ4v) is 1.87. The van der Waals surface area contributed by atoms with Crippen molar-refractivity contribution in [1.29, 1.82) is 0 Å². The highest BCUT2D eigenvalue weighted by molar-refractivity contribution is 6.76. The minimum atomic E-state index is -2.09. The van der Waals surface area contributed by atoms with E-state index in [-0.39, 0.29) is 5.78 Å². The van der Waals surface area contributed by atoms with E-state index >= 15 is 0 Å². The Morgan fingerprint density at radius 2 is 1.43 bits per heavy atom. The van der Waals surface area contributed by atoms with Crippen LogP contribution in [0.15, 0.2) is 54.6 Å². The third kappa shape index (κ3) is 3.97. The second-order valence-corrected chi connectivity index (χ2v) is 6.47. The summed E-state index contributed by atoms with van der Waals surface area (Å²) in [6, 6.07) is 15.3. The Morgan fingerprint density at radius 1 is 0.857 bits per heavy atom. The highest BCUT2D eigenvalue weighted by Gasteiger charge is 2.31. The van der Waals surface area contributed by atoms with Gasteiger partial charge >= 0.3 is 0 Å². The average Bonchev–Trinajstić information content (AvgIpc) is 2.47. The maximum absolute atomic E-state index is 12.4. The Hall–Kier alpha value is -1.55. The first-order valence-electron chi connectivity index (χ1n) is 5.96. The molecular formula is C15H10Cl3NO2. The molecule has 0 aliphatic carbocycles. The van der Waals surface area contributed by atoms with E-state index in [1.54, 1.807) is 48.5 Å². The van der Waals surface area contributed by atoms with Crippen molar-refractivity contribution in [2.45, 2.75) is 3.79 Å². The molecule has 0 aliphatic rings.